The summed E-state index contributed by atoms with van der Waals surface area (Å²) in [6.45, 7) is 3.49. The van der Waals surface area contributed by atoms with E-state index in [2.05, 4.69) is 11.9 Å². The average Bonchev–Trinajstić information content (AvgIpc) is 1.84. The number of likely N-dealkylation sites (N-methyl/N-ethyl adjacent to an activating group) is 2. The first kappa shape index (κ1) is 8.01. The minimum atomic E-state index is -0.0856. The molecule has 0 aromatic heterocycles. The van der Waals surface area contributed by atoms with Crippen LogP contribution in [-0.4, -0.2) is 32.0 Å². The van der Waals surface area contributed by atoms with Crippen molar-refractivity contribution in [3.63, 3.8) is 0 Å². The van der Waals surface area contributed by atoms with Crippen molar-refractivity contribution in [3.8, 4) is 0 Å². The van der Waals surface area contributed by atoms with Gasteiger partial charge in [0.15, 0.2) is 0 Å². The smallest absolute Gasteiger partial charge is 0.268 e. The maximum absolute atomic E-state index is 10.8. The Morgan fingerprint density at radius 1 is 1.56 bits per heavy atom. The van der Waals surface area contributed by atoms with E-state index in [0.717, 1.165) is 0 Å². The van der Waals surface area contributed by atoms with E-state index in [4.69, 9.17) is 0 Å². The second kappa shape index (κ2) is 3.12. The molecule has 0 aromatic rings. The summed E-state index contributed by atoms with van der Waals surface area (Å²) in [5.74, 6) is -0.0856. The monoisotopic (exact) mass is 128 g/mol. The van der Waals surface area contributed by atoms with Crippen molar-refractivity contribution in [3.05, 3.63) is 12.3 Å². The molecule has 1 N–H and O–H groups in total. The van der Waals surface area contributed by atoms with Crippen LogP contribution >= 0.6 is 0 Å². The number of rotatable bonds is 2. The second-order valence-corrected chi connectivity index (χ2v) is 1.93. The van der Waals surface area contributed by atoms with E-state index in [9.17, 15) is 4.79 Å². The van der Waals surface area contributed by atoms with Crippen LogP contribution in [0.4, 0.5) is 0 Å². The molecule has 0 atom stereocenters. The van der Waals surface area contributed by atoms with E-state index in [1.54, 1.807) is 21.1 Å². The zero-order valence-corrected chi connectivity index (χ0v) is 6.06. The number of nitrogens with zero attached hydrogens (tertiary/aromatic N) is 1. The van der Waals surface area contributed by atoms with Gasteiger partial charge in [0.05, 0.1) is 5.70 Å². The summed E-state index contributed by atoms with van der Waals surface area (Å²) in [7, 11) is 5.04. The molecule has 0 unspecified atom stereocenters. The van der Waals surface area contributed by atoms with E-state index in [0.29, 0.717) is 5.70 Å². The predicted molar refractivity (Wildman–Crippen MR) is 36.9 cm³/mol. The topological polar surface area (TPSA) is 32.3 Å². The third kappa shape index (κ3) is 2.17. The van der Waals surface area contributed by atoms with Crippen molar-refractivity contribution in [2.24, 2.45) is 0 Å². The van der Waals surface area contributed by atoms with Crippen LogP contribution in [-0.2, 0) is 4.79 Å². The molecular weight excluding hydrogens is 116 g/mol. The first-order valence-corrected chi connectivity index (χ1v) is 2.68. The van der Waals surface area contributed by atoms with Crippen LogP contribution < -0.4 is 5.32 Å². The molecular formula is C6H12N2O. The van der Waals surface area contributed by atoms with E-state index in [-0.39, 0.29) is 5.91 Å². The predicted octanol–water partition coefficient (Wildman–Crippen LogP) is -0.192. The van der Waals surface area contributed by atoms with Gasteiger partial charge in [-0.3, -0.25) is 4.79 Å². The molecule has 0 rings (SSSR count). The van der Waals surface area contributed by atoms with Crippen LogP contribution in [0.2, 0.25) is 0 Å². The minimum absolute atomic E-state index is 0.0856. The fourth-order valence-corrected chi connectivity index (χ4v) is 0.377. The highest BCUT2D eigenvalue weighted by atomic mass is 16.2. The van der Waals surface area contributed by atoms with Gasteiger partial charge >= 0.3 is 0 Å². The van der Waals surface area contributed by atoms with Crippen molar-refractivity contribution < 1.29 is 4.79 Å². The summed E-state index contributed by atoms with van der Waals surface area (Å²) in [5.41, 5.74) is 0.417. The summed E-state index contributed by atoms with van der Waals surface area (Å²) < 4.78 is 0. The first-order valence-electron chi connectivity index (χ1n) is 2.68. The van der Waals surface area contributed by atoms with Gasteiger partial charge in [-0.25, -0.2) is 0 Å². The summed E-state index contributed by atoms with van der Waals surface area (Å²) in [6.07, 6.45) is 0. The summed E-state index contributed by atoms with van der Waals surface area (Å²) in [5, 5.41) is 2.66. The molecule has 0 aromatic carbocycles. The molecule has 0 radical (unpaired) electrons. The molecule has 0 aliphatic heterocycles. The summed E-state index contributed by atoms with van der Waals surface area (Å²) >= 11 is 0. The van der Waals surface area contributed by atoms with Crippen molar-refractivity contribution in [2.45, 2.75) is 0 Å². The molecule has 0 saturated heterocycles. The molecule has 52 valence electrons. The Hall–Kier alpha value is -0.990. The van der Waals surface area contributed by atoms with E-state index in [1.165, 1.54) is 4.90 Å². The van der Waals surface area contributed by atoms with E-state index >= 15 is 0 Å². The quantitative estimate of drug-likeness (QED) is 0.523. The molecule has 0 spiro atoms. The molecule has 0 fully saturated rings. The van der Waals surface area contributed by atoms with Gasteiger partial charge < -0.3 is 10.2 Å². The number of hydrogen-bond donors (Lipinski definition) is 1. The Labute approximate surface area is 55.3 Å². The Bertz CT molecular complexity index is 129. The lowest BCUT2D eigenvalue weighted by Crippen LogP contribution is -2.28. The molecule has 3 heteroatoms. The first-order chi connectivity index (χ1) is 4.09. The number of nitrogens with one attached hydrogen (secondary N) is 1. The normalized spacial score (nSPS) is 8.33. The highest BCUT2D eigenvalue weighted by molar-refractivity contribution is 5.91. The van der Waals surface area contributed by atoms with Gasteiger partial charge in [-0.2, -0.15) is 0 Å². The SMILES string of the molecule is C=C(NC)C(=O)N(C)C. The molecule has 9 heavy (non-hydrogen) atoms. The number of carbonyl (C=O) groups is 1. The van der Waals surface area contributed by atoms with Gasteiger partial charge in [-0.1, -0.05) is 6.58 Å². The Balaban J connectivity index is 3.89. The van der Waals surface area contributed by atoms with Crippen LogP contribution in [0.5, 0.6) is 0 Å². The Morgan fingerprint density at radius 3 is 2.11 bits per heavy atom. The van der Waals surface area contributed by atoms with Gasteiger partial charge in [0.25, 0.3) is 5.91 Å². The lowest BCUT2D eigenvalue weighted by Gasteiger charge is -2.10. The number of amides is 1. The molecule has 0 aliphatic carbocycles. The molecule has 0 saturated carbocycles. The molecule has 0 aliphatic rings. The third-order valence-corrected chi connectivity index (χ3v) is 0.966. The van der Waals surface area contributed by atoms with Crippen LogP contribution in [0.3, 0.4) is 0 Å². The second-order valence-electron chi connectivity index (χ2n) is 1.93. The fraction of sp³-hybridized carbons (Fsp3) is 0.500. The molecule has 0 bridgehead atoms. The molecule has 0 heterocycles. The lowest BCUT2D eigenvalue weighted by molar-refractivity contribution is -0.125. The standard InChI is InChI=1S/C6H12N2O/c1-5(7-2)6(9)8(3)4/h7H,1H2,2-4H3. The number of hydrogen-bond acceptors (Lipinski definition) is 2. The number of carbonyl (C=O) groups excluding carboxylic acids is 1. The maximum atomic E-state index is 10.8. The average molecular weight is 128 g/mol. The molecule has 3 nitrogen and oxygen atoms in total. The Morgan fingerprint density at radius 2 is 2.00 bits per heavy atom. The van der Waals surface area contributed by atoms with Crippen LogP contribution in [0, 0.1) is 0 Å². The van der Waals surface area contributed by atoms with Gasteiger partial charge in [0.2, 0.25) is 0 Å². The van der Waals surface area contributed by atoms with E-state index in [1.807, 2.05) is 0 Å². The molecule has 1 amide bonds. The van der Waals surface area contributed by atoms with Gasteiger partial charge in [-0.05, 0) is 0 Å². The Kier molecular flexibility index (Phi) is 2.78. The summed E-state index contributed by atoms with van der Waals surface area (Å²) in [6, 6.07) is 0. The van der Waals surface area contributed by atoms with Crippen LogP contribution in [0.25, 0.3) is 0 Å². The van der Waals surface area contributed by atoms with E-state index < -0.39 is 0 Å². The highest BCUT2D eigenvalue weighted by Crippen LogP contribution is 1.87. The van der Waals surface area contributed by atoms with Gasteiger partial charge in [0.1, 0.15) is 0 Å². The van der Waals surface area contributed by atoms with Crippen LogP contribution in [0.15, 0.2) is 12.3 Å². The highest BCUT2D eigenvalue weighted by Gasteiger charge is 2.04. The zero-order chi connectivity index (χ0) is 7.44. The van der Waals surface area contributed by atoms with Gasteiger partial charge in [0, 0.05) is 21.1 Å². The van der Waals surface area contributed by atoms with Crippen molar-refractivity contribution >= 4 is 5.91 Å². The third-order valence-electron chi connectivity index (χ3n) is 0.966. The van der Waals surface area contributed by atoms with Crippen molar-refractivity contribution in [1.29, 1.82) is 0 Å². The largest absolute Gasteiger partial charge is 0.384 e. The van der Waals surface area contributed by atoms with Crippen molar-refractivity contribution in [1.82, 2.24) is 10.2 Å². The lowest BCUT2D eigenvalue weighted by atomic mass is 10.4. The van der Waals surface area contributed by atoms with Crippen LogP contribution in [0.1, 0.15) is 0 Å². The fourth-order valence-electron chi connectivity index (χ4n) is 0.377. The maximum Gasteiger partial charge on any atom is 0.268 e. The zero-order valence-electron chi connectivity index (χ0n) is 6.06. The minimum Gasteiger partial charge on any atom is -0.384 e. The van der Waals surface area contributed by atoms with Gasteiger partial charge in [-0.15, -0.1) is 0 Å². The summed E-state index contributed by atoms with van der Waals surface area (Å²) in [4.78, 5) is 12.3. The van der Waals surface area contributed by atoms with Crippen molar-refractivity contribution in [2.75, 3.05) is 21.1 Å².